The summed E-state index contributed by atoms with van der Waals surface area (Å²) in [6.07, 6.45) is 0. The summed E-state index contributed by atoms with van der Waals surface area (Å²) < 4.78 is 5.18. The van der Waals surface area contributed by atoms with Crippen LogP contribution in [0.15, 0.2) is 66.7 Å². The number of hydrogen-bond donors (Lipinski definition) is 2. The Balaban J connectivity index is 1.56. The van der Waals surface area contributed by atoms with Crippen LogP contribution < -0.4 is 15.4 Å². The first kappa shape index (κ1) is 17.5. The highest BCUT2D eigenvalue weighted by Gasteiger charge is 2.12. The summed E-state index contributed by atoms with van der Waals surface area (Å²) >= 11 is 0. The van der Waals surface area contributed by atoms with Gasteiger partial charge in [0.25, 0.3) is 11.8 Å². The fourth-order valence-electron chi connectivity index (χ4n) is 2.80. The molecule has 0 aromatic heterocycles. The van der Waals surface area contributed by atoms with Gasteiger partial charge in [-0.05, 0) is 29.0 Å². The Labute approximate surface area is 152 Å². The van der Waals surface area contributed by atoms with Gasteiger partial charge in [-0.25, -0.2) is 0 Å². The zero-order chi connectivity index (χ0) is 18.4. The van der Waals surface area contributed by atoms with Crippen molar-refractivity contribution in [3.05, 3.63) is 77.9 Å². The molecule has 5 nitrogen and oxygen atoms in total. The molecule has 0 aliphatic carbocycles. The van der Waals surface area contributed by atoms with Gasteiger partial charge in [0, 0.05) is 18.7 Å². The van der Waals surface area contributed by atoms with E-state index in [9.17, 15) is 9.59 Å². The van der Waals surface area contributed by atoms with E-state index in [2.05, 4.69) is 10.6 Å². The molecule has 3 aromatic carbocycles. The van der Waals surface area contributed by atoms with Crippen molar-refractivity contribution in [1.29, 1.82) is 0 Å². The van der Waals surface area contributed by atoms with Gasteiger partial charge in [-0.2, -0.15) is 0 Å². The number of nitrogens with one attached hydrogen (secondary N) is 2. The zero-order valence-corrected chi connectivity index (χ0v) is 14.5. The normalized spacial score (nSPS) is 10.3. The topological polar surface area (TPSA) is 67.4 Å². The number of carbonyl (C=O) groups is 2. The third-order valence-electron chi connectivity index (χ3n) is 4.08. The minimum atomic E-state index is -0.234. The number of ether oxygens (including phenoxy) is 1. The van der Waals surface area contributed by atoms with E-state index in [1.807, 2.05) is 36.4 Å². The van der Waals surface area contributed by atoms with Gasteiger partial charge in [-0.15, -0.1) is 0 Å². The summed E-state index contributed by atoms with van der Waals surface area (Å²) in [5.74, 6) is 0.125. The molecule has 0 atom stereocenters. The van der Waals surface area contributed by atoms with Crippen LogP contribution in [0.5, 0.6) is 5.75 Å². The molecule has 3 rings (SSSR count). The highest BCUT2D eigenvalue weighted by atomic mass is 16.5. The Kier molecular flexibility index (Phi) is 5.49. The molecule has 2 N–H and O–H groups in total. The largest absolute Gasteiger partial charge is 0.496 e. The summed E-state index contributed by atoms with van der Waals surface area (Å²) in [7, 11) is 1.52. The number of amides is 2. The van der Waals surface area contributed by atoms with Crippen LogP contribution >= 0.6 is 0 Å². The first-order valence-electron chi connectivity index (χ1n) is 8.38. The van der Waals surface area contributed by atoms with Gasteiger partial charge < -0.3 is 15.4 Å². The van der Waals surface area contributed by atoms with E-state index in [1.165, 1.54) is 7.11 Å². The minimum Gasteiger partial charge on any atom is -0.496 e. The van der Waals surface area contributed by atoms with Crippen LogP contribution in [0.1, 0.15) is 20.7 Å². The van der Waals surface area contributed by atoms with Gasteiger partial charge in [0.15, 0.2) is 0 Å². The van der Waals surface area contributed by atoms with Gasteiger partial charge in [-0.3, -0.25) is 9.59 Å². The molecular formula is C21H20N2O3. The Morgan fingerprint density at radius 3 is 2.12 bits per heavy atom. The molecule has 0 saturated heterocycles. The van der Waals surface area contributed by atoms with Crippen molar-refractivity contribution in [1.82, 2.24) is 10.6 Å². The molecule has 0 saturated carbocycles. The third-order valence-corrected chi connectivity index (χ3v) is 4.08. The Bertz CT molecular complexity index is 932. The summed E-state index contributed by atoms with van der Waals surface area (Å²) in [6, 6.07) is 20.4. The number of para-hydroxylation sites is 1. The second-order valence-corrected chi connectivity index (χ2v) is 5.74. The van der Waals surface area contributed by atoms with E-state index < -0.39 is 0 Å². The average Bonchev–Trinajstić information content (AvgIpc) is 2.70. The van der Waals surface area contributed by atoms with Crippen LogP contribution in [-0.2, 0) is 0 Å². The van der Waals surface area contributed by atoms with Crippen molar-refractivity contribution >= 4 is 22.6 Å². The number of rotatable bonds is 6. The van der Waals surface area contributed by atoms with Crippen LogP contribution in [0.4, 0.5) is 0 Å². The molecule has 0 fully saturated rings. The number of hydrogen-bond acceptors (Lipinski definition) is 3. The SMILES string of the molecule is COc1ccccc1C(=O)NCCNC(=O)c1cccc2ccccc12. The molecule has 2 amide bonds. The Hall–Kier alpha value is -3.34. The molecule has 3 aromatic rings. The molecule has 0 heterocycles. The van der Waals surface area contributed by atoms with E-state index in [0.29, 0.717) is 30.0 Å². The van der Waals surface area contributed by atoms with E-state index in [-0.39, 0.29) is 11.8 Å². The van der Waals surface area contributed by atoms with E-state index in [4.69, 9.17) is 4.74 Å². The summed E-state index contributed by atoms with van der Waals surface area (Å²) in [6.45, 7) is 0.663. The van der Waals surface area contributed by atoms with Crippen molar-refractivity contribution < 1.29 is 14.3 Å². The maximum atomic E-state index is 12.4. The highest BCUT2D eigenvalue weighted by molar-refractivity contribution is 6.07. The van der Waals surface area contributed by atoms with Crippen molar-refractivity contribution in [2.45, 2.75) is 0 Å². The lowest BCUT2D eigenvalue weighted by molar-refractivity contribution is 0.0926. The average molecular weight is 348 g/mol. The predicted molar refractivity (Wildman–Crippen MR) is 102 cm³/mol. The van der Waals surface area contributed by atoms with Crippen LogP contribution in [0.2, 0.25) is 0 Å². The number of methoxy groups -OCH3 is 1. The minimum absolute atomic E-state index is 0.159. The van der Waals surface area contributed by atoms with Crippen LogP contribution in [0.25, 0.3) is 10.8 Å². The molecule has 5 heteroatoms. The predicted octanol–water partition coefficient (Wildman–Crippen LogP) is 3.01. The van der Waals surface area contributed by atoms with E-state index in [1.54, 1.807) is 30.3 Å². The van der Waals surface area contributed by atoms with Crippen molar-refractivity contribution in [2.75, 3.05) is 20.2 Å². The lowest BCUT2D eigenvalue weighted by Gasteiger charge is -2.10. The van der Waals surface area contributed by atoms with Crippen molar-refractivity contribution in [3.8, 4) is 5.75 Å². The van der Waals surface area contributed by atoms with Gasteiger partial charge in [0.05, 0.1) is 12.7 Å². The molecule has 0 unspecified atom stereocenters. The van der Waals surface area contributed by atoms with Crippen LogP contribution in [0, 0.1) is 0 Å². The summed E-state index contributed by atoms with van der Waals surface area (Å²) in [5.41, 5.74) is 1.09. The van der Waals surface area contributed by atoms with Crippen molar-refractivity contribution in [2.24, 2.45) is 0 Å². The smallest absolute Gasteiger partial charge is 0.255 e. The number of benzene rings is 3. The van der Waals surface area contributed by atoms with E-state index in [0.717, 1.165) is 10.8 Å². The fraction of sp³-hybridized carbons (Fsp3) is 0.143. The Morgan fingerprint density at radius 1 is 0.769 bits per heavy atom. The van der Waals surface area contributed by atoms with Gasteiger partial charge in [-0.1, -0.05) is 48.5 Å². The summed E-state index contributed by atoms with van der Waals surface area (Å²) in [5, 5.41) is 7.55. The summed E-state index contributed by atoms with van der Waals surface area (Å²) in [4.78, 5) is 24.6. The third kappa shape index (κ3) is 3.83. The number of carbonyl (C=O) groups excluding carboxylic acids is 2. The molecule has 132 valence electrons. The maximum Gasteiger partial charge on any atom is 0.255 e. The maximum absolute atomic E-state index is 12.4. The molecule has 0 bridgehead atoms. The molecular weight excluding hydrogens is 328 g/mol. The van der Waals surface area contributed by atoms with Crippen LogP contribution in [-0.4, -0.2) is 32.0 Å². The van der Waals surface area contributed by atoms with Crippen molar-refractivity contribution in [3.63, 3.8) is 0 Å². The molecule has 26 heavy (non-hydrogen) atoms. The molecule has 0 aliphatic rings. The first-order chi connectivity index (χ1) is 12.7. The Morgan fingerprint density at radius 2 is 1.35 bits per heavy atom. The highest BCUT2D eigenvalue weighted by Crippen LogP contribution is 2.18. The molecule has 0 aliphatic heterocycles. The second-order valence-electron chi connectivity index (χ2n) is 5.74. The zero-order valence-electron chi connectivity index (χ0n) is 14.5. The van der Waals surface area contributed by atoms with Gasteiger partial charge >= 0.3 is 0 Å². The second kappa shape index (κ2) is 8.16. The first-order valence-corrected chi connectivity index (χ1v) is 8.38. The molecule has 0 spiro atoms. The van der Waals surface area contributed by atoms with Gasteiger partial charge in [0.2, 0.25) is 0 Å². The molecule has 0 radical (unpaired) electrons. The standard InChI is InChI=1S/C21H20N2O3/c1-26-19-12-5-4-10-18(19)21(25)23-14-13-22-20(24)17-11-6-8-15-7-2-3-9-16(15)17/h2-12H,13-14H2,1H3,(H,22,24)(H,23,25). The number of fused-ring (bicyclic) bond motifs is 1. The lowest BCUT2D eigenvalue weighted by Crippen LogP contribution is -2.34. The van der Waals surface area contributed by atoms with E-state index >= 15 is 0 Å². The lowest BCUT2D eigenvalue weighted by atomic mass is 10.0. The van der Waals surface area contributed by atoms with Gasteiger partial charge in [0.1, 0.15) is 5.75 Å². The monoisotopic (exact) mass is 348 g/mol. The van der Waals surface area contributed by atoms with Crippen LogP contribution in [0.3, 0.4) is 0 Å². The fourth-order valence-corrected chi connectivity index (χ4v) is 2.80. The quantitative estimate of drug-likeness (QED) is 0.673.